The van der Waals surface area contributed by atoms with Gasteiger partial charge in [-0.05, 0) is 80.9 Å². The molecule has 0 fully saturated rings. The summed E-state index contributed by atoms with van der Waals surface area (Å²) in [6, 6.07) is 12.7. The van der Waals surface area contributed by atoms with Crippen molar-refractivity contribution in [2.24, 2.45) is 5.92 Å². The predicted molar refractivity (Wildman–Crippen MR) is 125 cm³/mol. The van der Waals surface area contributed by atoms with Gasteiger partial charge in [-0.3, -0.25) is 10.1 Å². The van der Waals surface area contributed by atoms with Crippen molar-refractivity contribution in [3.63, 3.8) is 0 Å². The quantitative estimate of drug-likeness (QED) is 0.470. The standard InChI is InChI=1S/C22H27BrN2O3S/c1-14(2)11-12-27-20-10-5-16(23)13-19(20)21(26)25-22(29)24-17-6-8-18(9-7-17)28-15(3)4/h5-10,13-15H,11-12H2,1-4H3,(H2,24,25,26,29). The predicted octanol–water partition coefficient (Wildman–Crippen LogP) is 5.79. The molecule has 0 unspecified atom stereocenters. The number of ether oxygens (including phenoxy) is 2. The number of amides is 1. The maximum absolute atomic E-state index is 12.7. The summed E-state index contributed by atoms with van der Waals surface area (Å²) in [5, 5.41) is 5.92. The Morgan fingerprint density at radius 3 is 2.41 bits per heavy atom. The molecule has 7 heteroatoms. The van der Waals surface area contributed by atoms with E-state index in [2.05, 4.69) is 40.4 Å². The summed E-state index contributed by atoms with van der Waals surface area (Å²) in [7, 11) is 0. The third kappa shape index (κ3) is 8.03. The average molecular weight is 479 g/mol. The molecule has 0 heterocycles. The van der Waals surface area contributed by atoms with Crippen LogP contribution in [0.1, 0.15) is 44.5 Å². The fourth-order valence-corrected chi connectivity index (χ4v) is 3.00. The summed E-state index contributed by atoms with van der Waals surface area (Å²) >= 11 is 8.69. The summed E-state index contributed by atoms with van der Waals surface area (Å²) in [5.74, 6) is 1.50. The van der Waals surface area contributed by atoms with Crippen molar-refractivity contribution in [2.75, 3.05) is 11.9 Å². The lowest BCUT2D eigenvalue weighted by Gasteiger charge is -2.14. The Balaban J connectivity index is 2.00. The Morgan fingerprint density at radius 1 is 1.10 bits per heavy atom. The van der Waals surface area contributed by atoms with Crippen LogP contribution in [0.25, 0.3) is 0 Å². The topological polar surface area (TPSA) is 59.6 Å². The van der Waals surface area contributed by atoms with Crippen molar-refractivity contribution in [1.29, 1.82) is 0 Å². The molecule has 0 bridgehead atoms. The molecule has 0 aliphatic rings. The molecule has 1 amide bonds. The minimum Gasteiger partial charge on any atom is -0.493 e. The van der Waals surface area contributed by atoms with E-state index in [0.29, 0.717) is 23.8 Å². The average Bonchev–Trinajstić information content (AvgIpc) is 2.63. The highest BCUT2D eigenvalue weighted by molar-refractivity contribution is 9.10. The zero-order valence-corrected chi connectivity index (χ0v) is 19.5. The Bertz CT molecular complexity index is 838. The molecule has 2 aromatic rings. The van der Waals surface area contributed by atoms with Crippen LogP contribution in [0.15, 0.2) is 46.9 Å². The van der Waals surface area contributed by atoms with E-state index >= 15 is 0 Å². The van der Waals surface area contributed by atoms with Crippen LogP contribution in [0.2, 0.25) is 0 Å². The number of anilines is 1. The number of rotatable bonds is 8. The van der Waals surface area contributed by atoms with Crippen LogP contribution >= 0.6 is 28.1 Å². The number of benzene rings is 2. The van der Waals surface area contributed by atoms with Crippen LogP contribution in [0, 0.1) is 5.92 Å². The van der Waals surface area contributed by atoms with Crippen molar-refractivity contribution in [2.45, 2.75) is 40.2 Å². The molecule has 2 N–H and O–H groups in total. The number of hydrogen-bond donors (Lipinski definition) is 2. The van der Waals surface area contributed by atoms with Gasteiger partial charge >= 0.3 is 0 Å². The number of halogens is 1. The highest BCUT2D eigenvalue weighted by atomic mass is 79.9. The van der Waals surface area contributed by atoms with E-state index < -0.39 is 0 Å². The van der Waals surface area contributed by atoms with Crippen molar-refractivity contribution in [1.82, 2.24) is 5.32 Å². The molecule has 29 heavy (non-hydrogen) atoms. The SMILES string of the molecule is CC(C)CCOc1ccc(Br)cc1C(=O)NC(=S)Nc1ccc(OC(C)C)cc1. The summed E-state index contributed by atoms with van der Waals surface area (Å²) < 4.78 is 12.2. The van der Waals surface area contributed by atoms with E-state index in [4.69, 9.17) is 21.7 Å². The van der Waals surface area contributed by atoms with Gasteiger partial charge in [-0.2, -0.15) is 0 Å². The minimum absolute atomic E-state index is 0.108. The molecular formula is C22H27BrN2O3S. The van der Waals surface area contributed by atoms with Crippen LogP contribution in [0.3, 0.4) is 0 Å². The van der Waals surface area contributed by atoms with Crippen LogP contribution in [-0.2, 0) is 0 Å². The van der Waals surface area contributed by atoms with Gasteiger partial charge in [0.25, 0.3) is 5.91 Å². The summed E-state index contributed by atoms with van der Waals surface area (Å²) in [6.45, 7) is 8.75. The molecule has 0 saturated heterocycles. The monoisotopic (exact) mass is 478 g/mol. The highest BCUT2D eigenvalue weighted by Crippen LogP contribution is 2.24. The number of thiocarbonyl (C=S) groups is 1. The normalized spacial score (nSPS) is 10.7. The van der Waals surface area contributed by atoms with E-state index in [0.717, 1.165) is 22.3 Å². The second-order valence-electron chi connectivity index (χ2n) is 7.27. The lowest BCUT2D eigenvalue weighted by Crippen LogP contribution is -2.34. The van der Waals surface area contributed by atoms with Gasteiger partial charge in [0.1, 0.15) is 11.5 Å². The first-order chi connectivity index (χ1) is 13.7. The smallest absolute Gasteiger partial charge is 0.261 e. The summed E-state index contributed by atoms with van der Waals surface area (Å²) in [5.41, 5.74) is 1.18. The zero-order chi connectivity index (χ0) is 21.4. The van der Waals surface area contributed by atoms with E-state index in [-0.39, 0.29) is 17.1 Å². The first kappa shape index (κ1) is 23.2. The first-order valence-electron chi connectivity index (χ1n) is 9.56. The lowest BCUT2D eigenvalue weighted by molar-refractivity contribution is 0.0973. The van der Waals surface area contributed by atoms with E-state index in [1.54, 1.807) is 12.1 Å². The molecule has 156 valence electrons. The molecule has 0 aliphatic carbocycles. The molecule has 0 atom stereocenters. The number of nitrogens with one attached hydrogen (secondary N) is 2. The van der Waals surface area contributed by atoms with E-state index in [1.165, 1.54) is 0 Å². The molecule has 2 rings (SSSR count). The van der Waals surface area contributed by atoms with Crippen molar-refractivity contribution >= 4 is 44.9 Å². The Hall–Kier alpha value is -2.12. The molecular weight excluding hydrogens is 452 g/mol. The van der Waals surface area contributed by atoms with Gasteiger partial charge in [-0.15, -0.1) is 0 Å². The van der Waals surface area contributed by atoms with Gasteiger partial charge in [0.15, 0.2) is 5.11 Å². The third-order valence-corrected chi connectivity index (χ3v) is 4.55. The van der Waals surface area contributed by atoms with E-state index in [1.807, 2.05) is 44.2 Å². The Kier molecular flexibility index (Phi) is 8.92. The van der Waals surface area contributed by atoms with E-state index in [9.17, 15) is 4.79 Å². The molecule has 2 aromatic carbocycles. The number of carbonyl (C=O) groups excluding carboxylic acids is 1. The van der Waals surface area contributed by atoms with Gasteiger partial charge in [0.2, 0.25) is 0 Å². The summed E-state index contributed by atoms with van der Waals surface area (Å²) in [6.07, 6.45) is 1.02. The molecule has 0 spiro atoms. The largest absolute Gasteiger partial charge is 0.493 e. The minimum atomic E-state index is -0.330. The van der Waals surface area contributed by atoms with Gasteiger partial charge in [-0.25, -0.2) is 0 Å². The lowest BCUT2D eigenvalue weighted by atomic mass is 10.1. The maximum atomic E-state index is 12.7. The maximum Gasteiger partial charge on any atom is 0.261 e. The fraction of sp³-hybridized carbons (Fsp3) is 0.364. The molecule has 0 aliphatic heterocycles. The van der Waals surface area contributed by atoms with Crippen LogP contribution in [0.5, 0.6) is 11.5 Å². The van der Waals surface area contributed by atoms with Crippen molar-refractivity contribution < 1.29 is 14.3 Å². The Labute approximate surface area is 186 Å². The number of carbonyl (C=O) groups is 1. The second kappa shape index (κ2) is 11.2. The zero-order valence-electron chi connectivity index (χ0n) is 17.1. The number of hydrogen-bond acceptors (Lipinski definition) is 4. The summed E-state index contributed by atoms with van der Waals surface area (Å²) in [4.78, 5) is 12.7. The van der Waals surface area contributed by atoms with Crippen LogP contribution in [-0.4, -0.2) is 23.7 Å². The molecule has 0 aromatic heterocycles. The molecule has 0 radical (unpaired) electrons. The third-order valence-electron chi connectivity index (χ3n) is 3.85. The fourth-order valence-electron chi connectivity index (χ4n) is 2.43. The van der Waals surface area contributed by atoms with Crippen molar-refractivity contribution in [3.8, 4) is 11.5 Å². The first-order valence-corrected chi connectivity index (χ1v) is 10.8. The van der Waals surface area contributed by atoms with Gasteiger partial charge in [0.05, 0.1) is 18.3 Å². The van der Waals surface area contributed by atoms with Crippen molar-refractivity contribution in [3.05, 3.63) is 52.5 Å². The van der Waals surface area contributed by atoms with Gasteiger partial charge < -0.3 is 14.8 Å². The molecule has 5 nitrogen and oxygen atoms in total. The second-order valence-corrected chi connectivity index (χ2v) is 8.59. The Morgan fingerprint density at radius 2 is 1.79 bits per heavy atom. The van der Waals surface area contributed by atoms with Gasteiger partial charge in [0, 0.05) is 10.2 Å². The van der Waals surface area contributed by atoms with Gasteiger partial charge in [-0.1, -0.05) is 29.8 Å². The molecule has 0 saturated carbocycles. The van der Waals surface area contributed by atoms with Crippen LogP contribution in [0.4, 0.5) is 5.69 Å². The highest BCUT2D eigenvalue weighted by Gasteiger charge is 2.15. The van der Waals surface area contributed by atoms with Crippen LogP contribution < -0.4 is 20.1 Å².